The van der Waals surface area contributed by atoms with E-state index < -0.39 is 18.6 Å². The number of likely N-dealkylation sites (tertiary alicyclic amines) is 1. The second-order valence-electron chi connectivity index (χ2n) is 7.32. The van der Waals surface area contributed by atoms with Crippen LogP contribution in [-0.4, -0.2) is 61.8 Å². The van der Waals surface area contributed by atoms with E-state index in [1.165, 1.54) is 0 Å². The van der Waals surface area contributed by atoms with Gasteiger partial charge in [0, 0.05) is 24.7 Å². The summed E-state index contributed by atoms with van der Waals surface area (Å²) in [5.41, 5.74) is 1.04. The highest BCUT2D eigenvalue weighted by molar-refractivity contribution is 5.19. The van der Waals surface area contributed by atoms with Crippen molar-refractivity contribution in [2.24, 2.45) is 0 Å². The Morgan fingerprint density at radius 2 is 1.80 bits per heavy atom. The molecule has 1 fully saturated rings. The summed E-state index contributed by atoms with van der Waals surface area (Å²) in [4.78, 5) is 4.63. The molecule has 1 N–H and O–H groups in total. The number of alkyl halides is 3. The normalized spacial score (nSPS) is 20.0. The van der Waals surface area contributed by atoms with Gasteiger partial charge in [-0.1, -0.05) is 30.3 Å². The molecule has 3 nitrogen and oxygen atoms in total. The fourth-order valence-electron chi connectivity index (χ4n) is 3.56. The van der Waals surface area contributed by atoms with Crippen LogP contribution in [-0.2, 0) is 0 Å². The Bertz CT molecular complexity index is 498. The highest BCUT2D eigenvalue weighted by Gasteiger charge is 2.31. The van der Waals surface area contributed by atoms with Gasteiger partial charge in [0.2, 0.25) is 0 Å². The van der Waals surface area contributed by atoms with E-state index in [1.54, 1.807) is 6.92 Å². The molecule has 1 aliphatic heterocycles. The van der Waals surface area contributed by atoms with Crippen LogP contribution in [0.2, 0.25) is 0 Å². The van der Waals surface area contributed by atoms with Gasteiger partial charge in [0.25, 0.3) is 0 Å². The average molecular weight is 357 g/mol. The van der Waals surface area contributed by atoms with E-state index in [0.717, 1.165) is 31.5 Å². The molecule has 2 rings (SSSR count). The molecule has 0 saturated carbocycles. The molecule has 2 atom stereocenters. The first-order valence-electron chi connectivity index (χ1n) is 9.01. The van der Waals surface area contributed by atoms with E-state index in [1.807, 2.05) is 30.3 Å². The van der Waals surface area contributed by atoms with Gasteiger partial charge in [-0.25, -0.2) is 0 Å². The monoisotopic (exact) mass is 357 g/mol. The second-order valence-corrected chi connectivity index (χ2v) is 7.32. The maximum Gasteiger partial charge on any atom is 0.390 e. The molecule has 6 heteroatoms. The minimum absolute atomic E-state index is 0.108. The number of piperidine rings is 1. The van der Waals surface area contributed by atoms with Crippen LogP contribution in [0.15, 0.2) is 30.3 Å². The summed E-state index contributed by atoms with van der Waals surface area (Å²) < 4.78 is 38.1. The summed E-state index contributed by atoms with van der Waals surface area (Å²) in [6.07, 6.45) is -2.75. The minimum atomic E-state index is -4.15. The number of rotatable bonds is 7. The van der Waals surface area contributed by atoms with Crippen molar-refractivity contribution in [3.05, 3.63) is 35.9 Å². The largest absolute Gasteiger partial charge is 0.390 e. The predicted octanol–water partition coefficient (Wildman–Crippen LogP) is 3.68. The Balaban J connectivity index is 2.01. The van der Waals surface area contributed by atoms with Crippen molar-refractivity contribution in [1.82, 2.24) is 15.1 Å². The zero-order valence-corrected chi connectivity index (χ0v) is 15.4. The molecule has 1 aromatic carbocycles. The quantitative estimate of drug-likeness (QED) is 0.803. The summed E-state index contributed by atoms with van der Waals surface area (Å²) in [6, 6.07) is 9.55. The Morgan fingerprint density at radius 3 is 2.36 bits per heavy atom. The van der Waals surface area contributed by atoms with Gasteiger partial charge in [0.05, 0.1) is 6.42 Å². The summed E-state index contributed by atoms with van der Waals surface area (Å²) in [6.45, 7) is 4.46. The van der Waals surface area contributed by atoms with Gasteiger partial charge in [0.15, 0.2) is 0 Å². The van der Waals surface area contributed by atoms with E-state index >= 15 is 0 Å². The fourth-order valence-corrected chi connectivity index (χ4v) is 3.56. The molecule has 142 valence electrons. The molecule has 0 radical (unpaired) electrons. The molecule has 0 aliphatic carbocycles. The number of likely N-dealkylation sites (N-methyl/N-ethyl adjacent to an activating group) is 1. The number of nitrogens with zero attached hydrogens (tertiary/aromatic N) is 2. The van der Waals surface area contributed by atoms with E-state index in [4.69, 9.17) is 0 Å². The van der Waals surface area contributed by atoms with Gasteiger partial charge in [-0.05, 0) is 52.5 Å². The molecule has 1 heterocycles. The zero-order chi connectivity index (χ0) is 18.4. The highest BCUT2D eigenvalue weighted by atomic mass is 19.4. The first kappa shape index (κ1) is 20.2. The van der Waals surface area contributed by atoms with E-state index in [0.29, 0.717) is 12.6 Å². The highest BCUT2D eigenvalue weighted by Crippen LogP contribution is 2.24. The summed E-state index contributed by atoms with van der Waals surface area (Å²) >= 11 is 0. The molecule has 2 unspecified atom stereocenters. The SMILES string of the molecule is CC(CC(F)(F)F)NC(CN(C)C1CCN(C)CC1)c1ccccc1. The van der Waals surface area contributed by atoms with Gasteiger partial charge in [-0.3, -0.25) is 0 Å². The fraction of sp³-hybridized carbons (Fsp3) is 0.684. The zero-order valence-electron chi connectivity index (χ0n) is 15.4. The Morgan fingerprint density at radius 1 is 1.20 bits per heavy atom. The van der Waals surface area contributed by atoms with Gasteiger partial charge >= 0.3 is 6.18 Å². The Kier molecular flexibility index (Phi) is 7.28. The Labute approximate surface area is 149 Å². The lowest BCUT2D eigenvalue weighted by Gasteiger charge is -2.37. The first-order chi connectivity index (χ1) is 11.7. The van der Waals surface area contributed by atoms with Gasteiger partial charge < -0.3 is 15.1 Å². The van der Waals surface area contributed by atoms with Crippen LogP contribution in [0.25, 0.3) is 0 Å². The van der Waals surface area contributed by atoms with Crippen molar-refractivity contribution in [2.45, 2.75) is 50.5 Å². The maximum absolute atomic E-state index is 12.7. The standard InChI is InChI=1S/C19H30F3N3/c1-15(13-19(20,21)22)23-18(16-7-5-4-6-8-16)14-25(3)17-9-11-24(2)12-10-17/h4-8,15,17-18,23H,9-14H2,1-3H3. The van der Waals surface area contributed by atoms with Crippen LogP contribution in [0.1, 0.15) is 37.8 Å². The van der Waals surface area contributed by atoms with E-state index in [-0.39, 0.29) is 6.04 Å². The van der Waals surface area contributed by atoms with E-state index in [9.17, 15) is 13.2 Å². The van der Waals surface area contributed by atoms with Crippen molar-refractivity contribution < 1.29 is 13.2 Å². The third-order valence-corrected chi connectivity index (χ3v) is 5.01. The van der Waals surface area contributed by atoms with Crippen molar-refractivity contribution in [1.29, 1.82) is 0 Å². The van der Waals surface area contributed by atoms with Crippen LogP contribution < -0.4 is 5.32 Å². The molecule has 1 aliphatic rings. The maximum atomic E-state index is 12.7. The first-order valence-corrected chi connectivity index (χ1v) is 9.01. The van der Waals surface area contributed by atoms with Crippen LogP contribution >= 0.6 is 0 Å². The molecule has 0 amide bonds. The summed E-state index contributed by atoms with van der Waals surface area (Å²) in [5, 5.41) is 3.20. The Hall–Kier alpha value is -1.11. The van der Waals surface area contributed by atoms with Gasteiger partial charge in [0.1, 0.15) is 0 Å². The third kappa shape index (κ3) is 6.96. The van der Waals surface area contributed by atoms with Crippen LogP contribution in [0.5, 0.6) is 0 Å². The van der Waals surface area contributed by atoms with Crippen molar-refractivity contribution in [2.75, 3.05) is 33.7 Å². The van der Waals surface area contributed by atoms with Crippen LogP contribution in [0.3, 0.4) is 0 Å². The minimum Gasteiger partial charge on any atom is -0.306 e. The molecule has 0 aromatic heterocycles. The predicted molar refractivity (Wildman–Crippen MR) is 95.6 cm³/mol. The molecular formula is C19H30F3N3. The van der Waals surface area contributed by atoms with Crippen molar-refractivity contribution in [3.63, 3.8) is 0 Å². The third-order valence-electron chi connectivity index (χ3n) is 5.01. The molecule has 1 saturated heterocycles. The second kappa shape index (κ2) is 9.01. The van der Waals surface area contributed by atoms with Crippen LogP contribution in [0.4, 0.5) is 13.2 Å². The molecule has 1 aromatic rings. The molecule has 0 spiro atoms. The van der Waals surface area contributed by atoms with Crippen LogP contribution in [0, 0.1) is 0 Å². The average Bonchev–Trinajstić information content (AvgIpc) is 2.54. The van der Waals surface area contributed by atoms with Gasteiger partial charge in [-0.2, -0.15) is 13.2 Å². The molecule has 25 heavy (non-hydrogen) atoms. The number of hydrogen-bond acceptors (Lipinski definition) is 3. The van der Waals surface area contributed by atoms with Gasteiger partial charge in [-0.15, -0.1) is 0 Å². The topological polar surface area (TPSA) is 18.5 Å². The lowest BCUT2D eigenvalue weighted by Crippen LogP contribution is -2.46. The summed E-state index contributed by atoms with van der Waals surface area (Å²) in [7, 11) is 4.21. The lowest BCUT2D eigenvalue weighted by molar-refractivity contribution is -0.139. The lowest BCUT2D eigenvalue weighted by atomic mass is 10.0. The smallest absolute Gasteiger partial charge is 0.306 e. The van der Waals surface area contributed by atoms with E-state index in [2.05, 4.69) is 29.2 Å². The summed E-state index contributed by atoms with van der Waals surface area (Å²) in [5.74, 6) is 0. The van der Waals surface area contributed by atoms with Crippen molar-refractivity contribution >= 4 is 0 Å². The van der Waals surface area contributed by atoms with Crippen molar-refractivity contribution in [3.8, 4) is 0 Å². The number of hydrogen-bond donors (Lipinski definition) is 1. The molecule has 0 bridgehead atoms. The molecular weight excluding hydrogens is 327 g/mol. The number of benzene rings is 1. The number of halogens is 3. The number of nitrogens with one attached hydrogen (secondary N) is 1.